The van der Waals surface area contributed by atoms with Crippen LogP contribution in [0.2, 0.25) is 0 Å². The Kier molecular flexibility index (Phi) is 3.31. The van der Waals surface area contributed by atoms with E-state index in [0.717, 1.165) is 24.2 Å². The number of hydrogen-bond acceptors (Lipinski definition) is 5. The van der Waals surface area contributed by atoms with E-state index in [1.807, 2.05) is 16.8 Å². The van der Waals surface area contributed by atoms with E-state index in [0.29, 0.717) is 22.8 Å². The summed E-state index contributed by atoms with van der Waals surface area (Å²) in [6.45, 7) is 4.64. The number of anilines is 2. The van der Waals surface area contributed by atoms with E-state index in [-0.39, 0.29) is 0 Å². The van der Waals surface area contributed by atoms with Gasteiger partial charge in [-0.25, -0.2) is 4.68 Å². The van der Waals surface area contributed by atoms with E-state index in [1.165, 1.54) is 12.8 Å². The molecule has 1 aromatic heterocycles. The number of aromatic nitrogens is 4. The molecule has 0 aliphatic heterocycles. The molecule has 2 aromatic rings. The van der Waals surface area contributed by atoms with Crippen molar-refractivity contribution in [2.24, 2.45) is 5.41 Å². The summed E-state index contributed by atoms with van der Waals surface area (Å²) in [5.74, 6) is 0.749. The molecule has 6 nitrogen and oxygen atoms in total. The molecule has 1 heterocycles. The second-order valence-electron chi connectivity index (χ2n) is 6.73. The topological polar surface area (TPSA) is 95.6 Å². The van der Waals surface area contributed by atoms with Crippen molar-refractivity contribution in [1.29, 1.82) is 0 Å². The van der Waals surface area contributed by atoms with Crippen LogP contribution in [0.1, 0.15) is 45.6 Å². The van der Waals surface area contributed by atoms with Crippen LogP contribution in [0.4, 0.5) is 11.4 Å². The van der Waals surface area contributed by atoms with Gasteiger partial charge in [0.1, 0.15) is 0 Å². The van der Waals surface area contributed by atoms with Crippen LogP contribution in [-0.2, 0) is 0 Å². The van der Waals surface area contributed by atoms with Crippen molar-refractivity contribution < 1.29 is 0 Å². The molecule has 0 saturated heterocycles. The van der Waals surface area contributed by atoms with Gasteiger partial charge in [0, 0.05) is 16.9 Å². The average Bonchev–Trinajstić information content (AvgIpc) is 2.86. The zero-order valence-corrected chi connectivity index (χ0v) is 12.6. The Hall–Kier alpha value is -2.11. The monoisotopic (exact) mass is 286 g/mol. The highest BCUT2D eigenvalue weighted by Crippen LogP contribution is 2.40. The van der Waals surface area contributed by atoms with Crippen LogP contribution in [-0.4, -0.2) is 20.2 Å². The normalized spacial score (nSPS) is 18.8. The summed E-state index contributed by atoms with van der Waals surface area (Å²) in [6.07, 6.45) is 4.58. The lowest BCUT2D eigenvalue weighted by Crippen LogP contribution is -2.24. The number of nitrogens with zero attached hydrogens (tertiary/aromatic N) is 4. The SMILES string of the molecule is CC1(C)CCC(n2nnnc2-c2cc(N)cc(N)c2)CC1. The maximum absolute atomic E-state index is 5.87. The standard InChI is InChI=1S/C15H22N6/c1-15(2)5-3-13(4-6-15)21-14(18-19-20-21)10-7-11(16)9-12(17)8-10/h7-9,13H,3-6,16-17H2,1-2H3. The Morgan fingerprint density at radius 2 is 1.71 bits per heavy atom. The Morgan fingerprint density at radius 3 is 2.33 bits per heavy atom. The maximum Gasteiger partial charge on any atom is 0.182 e. The third kappa shape index (κ3) is 2.84. The molecule has 112 valence electrons. The Bertz CT molecular complexity index is 615. The molecule has 0 unspecified atom stereocenters. The number of nitrogen functional groups attached to an aromatic ring is 2. The van der Waals surface area contributed by atoms with Gasteiger partial charge >= 0.3 is 0 Å². The van der Waals surface area contributed by atoms with Crippen LogP contribution in [0.15, 0.2) is 18.2 Å². The van der Waals surface area contributed by atoms with Gasteiger partial charge in [-0.1, -0.05) is 13.8 Å². The Morgan fingerprint density at radius 1 is 1.10 bits per heavy atom. The maximum atomic E-state index is 5.87. The molecule has 21 heavy (non-hydrogen) atoms. The molecule has 3 rings (SSSR count). The fourth-order valence-electron chi connectivity index (χ4n) is 3.06. The van der Waals surface area contributed by atoms with E-state index >= 15 is 0 Å². The van der Waals surface area contributed by atoms with Crippen LogP contribution in [0.5, 0.6) is 0 Å². The summed E-state index contributed by atoms with van der Waals surface area (Å²) in [5.41, 5.74) is 14.3. The molecule has 1 fully saturated rings. The minimum absolute atomic E-state index is 0.352. The van der Waals surface area contributed by atoms with Crippen molar-refractivity contribution in [3.63, 3.8) is 0 Å². The minimum atomic E-state index is 0.352. The van der Waals surface area contributed by atoms with E-state index in [4.69, 9.17) is 11.5 Å². The summed E-state index contributed by atoms with van der Waals surface area (Å²) >= 11 is 0. The highest BCUT2D eigenvalue weighted by atomic mass is 15.5. The van der Waals surface area contributed by atoms with E-state index in [9.17, 15) is 0 Å². The summed E-state index contributed by atoms with van der Waals surface area (Å²) in [4.78, 5) is 0. The van der Waals surface area contributed by atoms with Gasteiger partial charge in [0.2, 0.25) is 0 Å². The van der Waals surface area contributed by atoms with Crippen LogP contribution >= 0.6 is 0 Å². The van der Waals surface area contributed by atoms with E-state index in [2.05, 4.69) is 29.4 Å². The largest absolute Gasteiger partial charge is 0.399 e. The van der Waals surface area contributed by atoms with Crippen molar-refractivity contribution in [2.45, 2.75) is 45.6 Å². The summed E-state index contributed by atoms with van der Waals surface area (Å²) in [5, 5.41) is 12.2. The number of benzene rings is 1. The van der Waals surface area contributed by atoms with Crippen molar-refractivity contribution in [2.75, 3.05) is 11.5 Å². The average molecular weight is 286 g/mol. The smallest absolute Gasteiger partial charge is 0.182 e. The molecular formula is C15H22N6. The van der Waals surface area contributed by atoms with Crippen LogP contribution in [0, 0.1) is 5.41 Å². The lowest BCUT2D eigenvalue weighted by molar-refractivity contribution is 0.185. The molecule has 0 bridgehead atoms. The fraction of sp³-hybridized carbons (Fsp3) is 0.533. The molecule has 0 spiro atoms. The first-order chi connectivity index (χ1) is 9.94. The zero-order chi connectivity index (χ0) is 15.0. The van der Waals surface area contributed by atoms with Gasteiger partial charge in [-0.15, -0.1) is 5.10 Å². The molecule has 0 amide bonds. The second-order valence-corrected chi connectivity index (χ2v) is 6.73. The van der Waals surface area contributed by atoms with Gasteiger partial charge in [0.15, 0.2) is 5.82 Å². The first-order valence-corrected chi connectivity index (χ1v) is 7.39. The zero-order valence-electron chi connectivity index (χ0n) is 12.6. The molecule has 1 saturated carbocycles. The molecule has 1 aliphatic carbocycles. The quantitative estimate of drug-likeness (QED) is 0.827. The molecule has 0 radical (unpaired) electrons. The molecule has 1 aromatic carbocycles. The van der Waals surface area contributed by atoms with Crippen molar-refractivity contribution in [3.05, 3.63) is 18.2 Å². The van der Waals surface area contributed by atoms with Gasteiger partial charge in [-0.2, -0.15) is 0 Å². The van der Waals surface area contributed by atoms with Gasteiger partial charge in [-0.05, 0) is 59.7 Å². The molecule has 0 atom stereocenters. The number of tetrazole rings is 1. The summed E-state index contributed by atoms with van der Waals surface area (Å²) in [7, 11) is 0. The van der Waals surface area contributed by atoms with Crippen LogP contribution < -0.4 is 11.5 Å². The summed E-state index contributed by atoms with van der Waals surface area (Å²) < 4.78 is 1.93. The van der Waals surface area contributed by atoms with Gasteiger partial charge < -0.3 is 11.5 Å². The summed E-state index contributed by atoms with van der Waals surface area (Å²) in [6, 6.07) is 5.82. The number of nitrogens with two attached hydrogens (primary N) is 2. The van der Waals surface area contributed by atoms with Crippen LogP contribution in [0.3, 0.4) is 0 Å². The molecular weight excluding hydrogens is 264 g/mol. The number of hydrogen-bond donors (Lipinski definition) is 2. The highest BCUT2D eigenvalue weighted by Gasteiger charge is 2.29. The molecule has 4 N–H and O–H groups in total. The first-order valence-electron chi connectivity index (χ1n) is 7.39. The minimum Gasteiger partial charge on any atom is -0.399 e. The third-order valence-electron chi connectivity index (χ3n) is 4.38. The predicted octanol–water partition coefficient (Wildman–Crippen LogP) is 2.65. The Labute approximate surface area is 124 Å². The third-order valence-corrected chi connectivity index (χ3v) is 4.38. The van der Waals surface area contributed by atoms with E-state index < -0.39 is 0 Å². The van der Waals surface area contributed by atoms with Crippen molar-refractivity contribution in [1.82, 2.24) is 20.2 Å². The second kappa shape index (κ2) is 5.02. The lowest BCUT2D eigenvalue weighted by Gasteiger charge is -2.34. The highest BCUT2D eigenvalue weighted by molar-refractivity contribution is 5.67. The van der Waals surface area contributed by atoms with Crippen molar-refractivity contribution in [3.8, 4) is 11.4 Å². The van der Waals surface area contributed by atoms with Gasteiger partial charge in [0.05, 0.1) is 6.04 Å². The molecule has 6 heteroatoms. The number of rotatable bonds is 2. The molecule has 1 aliphatic rings. The lowest BCUT2D eigenvalue weighted by atomic mass is 9.75. The predicted molar refractivity (Wildman–Crippen MR) is 83.4 cm³/mol. The van der Waals surface area contributed by atoms with Crippen LogP contribution in [0.25, 0.3) is 11.4 Å². The van der Waals surface area contributed by atoms with Crippen molar-refractivity contribution >= 4 is 11.4 Å². The van der Waals surface area contributed by atoms with Gasteiger partial charge in [-0.3, -0.25) is 0 Å². The van der Waals surface area contributed by atoms with E-state index in [1.54, 1.807) is 6.07 Å². The van der Waals surface area contributed by atoms with Gasteiger partial charge in [0.25, 0.3) is 0 Å². The Balaban J connectivity index is 1.91. The fourth-order valence-corrected chi connectivity index (χ4v) is 3.06. The first kappa shape index (κ1) is 13.9.